The molecule has 0 spiro atoms. The summed E-state index contributed by atoms with van der Waals surface area (Å²) < 4.78 is 10.9. The number of nitrogens with zero attached hydrogens (tertiary/aromatic N) is 1. The zero-order chi connectivity index (χ0) is 15.2. The Hall–Kier alpha value is -1.59. The average Bonchev–Trinajstić information content (AvgIpc) is 2.52. The number of carbonyl (C=O) groups is 1. The number of morpholine rings is 1. The third kappa shape index (κ3) is 4.19. The molecule has 1 atom stereocenters. The highest BCUT2D eigenvalue weighted by molar-refractivity contribution is 5.94. The molecule has 1 amide bonds. The minimum Gasteiger partial charge on any atom is -0.493 e. The van der Waals surface area contributed by atoms with Gasteiger partial charge in [0, 0.05) is 12.1 Å². The molecule has 1 aromatic rings. The van der Waals surface area contributed by atoms with Gasteiger partial charge < -0.3 is 19.5 Å². The highest BCUT2D eigenvalue weighted by atomic mass is 16.5. The maximum absolute atomic E-state index is 12.5. The van der Waals surface area contributed by atoms with Gasteiger partial charge in [0.1, 0.15) is 5.75 Å². The second-order valence-corrected chi connectivity index (χ2v) is 5.64. The van der Waals surface area contributed by atoms with Gasteiger partial charge in [-0.2, -0.15) is 0 Å². The van der Waals surface area contributed by atoms with Gasteiger partial charge in [-0.3, -0.25) is 4.79 Å². The first-order valence-electron chi connectivity index (χ1n) is 7.34. The van der Waals surface area contributed by atoms with E-state index in [0.29, 0.717) is 37.8 Å². The summed E-state index contributed by atoms with van der Waals surface area (Å²) in [5.74, 6) is 1.15. The second kappa shape index (κ2) is 7.43. The number of aliphatic hydroxyl groups excluding tert-OH is 1. The standard InChI is InChI=1S/C16H23NO4/c1-12(2)10-21-15-5-3-13(4-6-15)16(19)17-7-8-20-11-14(17)9-18/h3-6,12,14,18H,7-11H2,1-2H3. The van der Waals surface area contributed by atoms with Gasteiger partial charge in [-0.05, 0) is 30.2 Å². The Morgan fingerprint density at radius 1 is 1.43 bits per heavy atom. The fourth-order valence-electron chi connectivity index (χ4n) is 2.20. The lowest BCUT2D eigenvalue weighted by Crippen LogP contribution is -2.50. The third-order valence-electron chi connectivity index (χ3n) is 3.38. The van der Waals surface area contributed by atoms with Crippen molar-refractivity contribution in [3.8, 4) is 5.75 Å². The van der Waals surface area contributed by atoms with Crippen LogP contribution >= 0.6 is 0 Å². The summed E-state index contributed by atoms with van der Waals surface area (Å²) in [6, 6.07) is 6.89. The third-order valence-corrected chi connectivity index (χ3v) is 3.38. The quantitative estimate of drug-likeness (QED) is 0.895. The molecule has 0 saturated carbocycles. The van der Waals surface area contributed by atoms with Gasteiger partial charge in [0.25, 0.3) is 5.91 Å². The first-order chi connectivity index (χ1) is 10.1. The first-order valence-corrected chi connectivity index (χ1v) is 7.34. The topological polar surface area (TPSA) is 59.0 Å². The van der Waals surface area contributed by atoms with Crippen molar-refractivity contribution < 1.29 is 19.4 Å². The maximum Gasteiger partial charge on any atom is 0.254 e. The Balaban J connectivity index is 2.01. The smallest absolute Gasteiger partial charge is 0.254 e. The SMILES string of the molecule is CC(C)COc1ccc(C(=O)N2CCOCC2CO)cc1. The van der Waals surface area contributed by atoms with Crippen LogP contribution in [0.5, 0.6) is 5.75 Å². The molecule has 0 aliphatic carbocycles. The van der Waals surface area contributed by atoms with E-state index in [1.807, 2.05) is 12.1 Å². The van der Waals surface area contributed by atoms with Crippen molar-refractivity contribution in [2.75, 3.05) is 33.0 Å². The summed E-state index contributed by atoms with van der Waals surface area (Å²) in [6.45, 7) is 6.16. The van der Waals surface area contributed by atoms with E-state index in [2.05, 4.69) is 13.8 Å². The van der Waals surface area contributed by atoms with E-state index in [-0.39, 0.29) is 18.6 Å². The fourth-order valence-corrected chi connectivity index (χ4v) is 2.20. The largest absolute Gasteiger partial charge is 0.493 e. The van der Waals surface area contributed by atoms with Crippen LogP contribution in [0.1, 0.15) is 24.2 Å². The molecule has 0 aromatic heterocycles. The van der Waals surface area contributed by atoms with Crippen LogP contribution in [0, 0.1) is 5.92 Å². The molecule has 1 unspecified atom stereocenters. The number of hydrogen-bond acceptors (Lipinski definition) is 4. The molecule has 1 fully saturated rings. The Kier molecular flexibility index (Phi) is 5.59. The summed E-state index contributed by atoms with van der Waals surface area (Å²) in [7, 11) is 0. The molecule has 21 heavy (non-hydrogen) atoms. The monoisotopic (exact) mass is 293 g/mol. The Morgan fingerprint density at radius 3 is 2.76 bits per heavy atom. The van der Waals surface area contributed by atoms with E-state index in [4.69, 9.17) is 9.47 Å². The molecule has 1 aliphatic rings. The summed E-state index contributed by atoms with van der Waals surface area (Å²) in [6.07, 6.45) is 0. The van der Waals surface area contributed by atoms with Crippen molar-refractivity contribution in [1.29, 1.82) is 0 Å². The van der Waals surface area contributed by atoms with E-state index in [1.165, 1.54) is 0 Å². The molecule has 1 saturated heterocycles. The average molecular weight is 293 g/mol. The Bertz CT molecular complexity index is 458. The molecular weight excluding hydrogens is 270 g/mol. The number of carbonyl (C=O) groups excluding carboxylic acids is 1. The van der Waals surface area contributed by atoms with Crippen LogP contribution in [0.15, 0.2) is 24.3 Å². The molecule has 1 heterocycles. The molecule has 116 valence electrons. The molecule has 1 N–H and O–H groups in total. The van der Waals surface area contributed by atoms with Crippen LogP contribution in [0.25, 0.3) is 0 Å². The minimum atomic E-state index is -0.261. The van der Waals surface area contributed by atoms with Crippen LogP contribution < -0.4 is 4.74 Å². The molecule has 5 heteroatoms. The van der Waals surface area contributed by atoms with Crippen molar-refractivity contribution in [3.63, 3.8) is 0 Å². The highest BCUT2D eigenvalue weighted by Gasteiger charge is 2.27. The summed E-state index contributed by atoms with van der Waals surface area (Å²) in [4.78, 5) is 14.1. The fraction of sp³-hybridized carbons (Fsp3) is 0.562. The van der Waals surface area contributed by atoms with Gasteiger partial charge >= 0.3 is 0 Å². The number of ether oxygens (including phenoxy) is 2. The van der Waals surface area contributed by atoms with E-state index >= 15 is 0 Å². The molecule has 1 aliphatic heterocycles. The highest BCUT2D eigenvalue weighted by Crippen LogP contribution is 2.17. The number of benzene rings is 1. The number of hydrogen-bond donors (Lipinski definition) is 1. The lowest BCUT2D eigenvalue weighted by molar-refractivity contribution is -0.0183. The van der Waals surface area contributed by atoms with E-state index < -0.39 is 0 Å². The Morgan fingerprint density at radius 2 is 2.14 bits per heavy atom. The predicted octanol–water partition coefficient (Wildman–Crippen LogP) is 1.55. The summed E-state index contributed by atoms with van der Waals surface area (Å²) in [5.41, 5.74) is 0.604. The van der Waals surface area contributed by atoms with Crippen molar-refractivity contribution in [1.82, 2.24) is 4.90 Å². The predicted molar refractivity (Wildman–Crippen MR) is 79.5 cm³/mol. The van der Waals surface area contributed by atoms with Crippen molar-refractivity contribution >= 4 is 5.91 Å². The van der Waals surface area contributed by atoms with Gasteiger partial charge in [-0.15, -0.1) is 0 Å². The summed E-state index contributed by atoms with van der Waals surface area (Å²) in [5, 5.41) is 9.33. The number of amides is 1. The van der Waals surface area contributed by atoms with Crippen molar-refractivity contribution in [2.45, 2.75) is 19.9 Å². The zero-order valence-electron chi connectivity index (χ0n) is 12.6. The first kappa shape index (κ1) is 15.8. The molecule has 5 nitrogen and oxygen atoms in total. The van der Waals surface area contributed by atoms with Crippen LogP contribution in [-0.2, 0) is 4.74 Å². The number of rotatable bonds is 5. The van der Waals surface area contributed by atoms with Crippen LogP contribution in [0.3, 0.4) is 0 Å². The molecule has 0 bridgehead atoms. The van der Waals surface area contributed by atoms with Crippen molar-refractivity contribution in [3.05, 3.63) is 29.8 Å². The van der Waals surface area contributed by atoms with Gasteiger partial charge in [0.2, 0.25) is 0 Å². The Labute approximate surface area is 125 Å². The van der Waals surface area contributed by atoms with Crippen molar-refractivity contribution in [2.24, 2.45) is 5.92 Å². The van der Waals surface area contributed by atoms with Crippen LogP contribution in [0.2, 0.25) is 0 Å². The van der Waals surface area contributed by atoms with Gasteiger partial charge in [0.05, 0.1) is 32.5 Å². The molecule has 0 radical (unpaired) electrons. The van der Waals surface area contributed by atoms with E-state index in [1.54, 1.807) is 17.0 Å². The van der Waals surface area contributed by atoms with Crippen LogP contribution in [0.4, 0.5) is 0 Å². The lowest BCUT2D eigenvalue weighted by Gasteiger charge is -2.34. The molecule has 1 aromatic carbocycles. The van der Waals surface area contributed by atoms with E-state index in [0.717, 1.165) is 5.75 Å². The normalized spacial score (nSPS) is 18.9. The summed E-state index contributed by atoms with van der Waals surface area (Å²) >= 11 is 0. The van der Waals surface area contributed by atoms with Gasteiger partial charge in [-0.1, -0.05) is 13.8 Å². The second-order valence-electron chi connectivity index (χ2n) is 5.64. The zero-order valence-corrected chi connectivity index (χ0v) is 12.6. The molecule has 2 rings (SSSR count). The van der Waals surface area contributed by atoms with Crippen LogP contribution in [-0.4, -0.2) is 54.9 Å². The minimum absolute atomic E-state index is 0.0761. The van der Waals surface area contributed by atoms with Gasteiger partial charge in [-0.25, -0.2) is 0 Å². The van der Waals surface area contributed by atoms with E-state index in [9.17, 15) is 9.90 Å². The van der Waals surface area contributed by atoms with Gasteiger partial charge in [0.15, 0.2) is 0 Å². The molecular formula is C16H23NO4. The maximum atomic E-state index is 12.5. The lowest BCUT2D eigenvalue weighted by atomic mass is 10.1. The number of aliphatic hydroxyl groups is 1.